The van der Waals surface area contributed by atoms with E-state index in [0.29, 0.717) is 44.8 Å². The quantitative estimate of drug-likeness (QED) is 0.249. The van der Waals surface area contributed by atoms with Gasteiger partial charge in [0.2, 0.25) is 10.0 Å². The van der Waals surface area contributed by atoms with Crippen LogP contribution in [0, 0.1) is 12.7 Å². The van der Waals surface area contributed by atoms with E-state index < -0.39 is 10.0 Å². The molecule has 10 heteroatoms. The topological polar surface area (TPSA) is 96.9 Å². The van der Waals surface area contributed by atoms with Crippen molar-refractivity contribution in [3.05, 3.63) is 102 Å². The van der Waals surface area contributed by atoms with Gasteiger partial charge in [0, 0.05) is 54.0 Å². The number of fused-ring (bicyclic) bond motifs is 2. The third-order valence-electron chi connectivity index (χ3n) is 7.37. The van der Waals surface area contributed by atoms with Gasteiger partial charge in [0.25, 0.3) is 5.91 Å². The van der Waals surface area contributed by atoms with E-state index in [0.717, 1.165) is 28.6 Å². The molecule has 0 atom stereocenters. The van der Waals surface area contributed by atoms with Gasteiger partial charge in [0.05, 0.1) is 29.4 Å². The van der Waals surface area contributed by atoms with Crippen LogP contribution in [0.5, 0.6) is 0 Å². The highest BCUT2D eigenvalue weighted by Gasteiger charge is 2.26. The van der Waals surface area contributed by atoms with Crippen LogP contribution in [-0.2, 0) is 10.0 Å². The molecule has 6 rings (SSSR count). The van der Waals surface area contributed by atoms with Crippen LogP contribution in [0.4, 0.5) is 10.1 Å². The number of hydrogen-bond donors (Lipinski definition) is 1. The molecule has 0 aliphatic carbocycles. The number of pyridine rings is 1. The number of nitrogens with zero attached hydrogens (tertiary/aromatic N) is 3. The summed E-state index contributed by atoms with van der Waals surface area (Å²) < 4.78 is 48.4. The van der Waals surface area contributed by atoms with Crippen molar-refractivity contribution in [1.29, 1.82) is 0 Å². The van der Waals surface area contributed by atoms with E-state index in [1.165, 1.54) is 23.5 Å². The minimum atomic E-state index is -3.67. The van der Waals surface area contributed by atoms with Crippen LogP contribution in [0.15, 0.2) is 89.6 Å². The second kappa shape index (κ2) is 10.1. The van der Waals surface area contributed by atoms with Gasteiger partial charge in [0.15, 0.2) is 0 Å². The first kappa shape index (κ1) is 27.2. The number of imidazole rings is 1. The smallest absolute Gasteiger partial charge is 0.255 e. The SMILES string of the molecule is CNC(=O)c1c(-c2ccc(C)cc2)oc2cc(N(C)S(C)(=O)=O)c(-c3ccc4ncc(-c5ccc(F)cc5)n4c3)cc12. The van der Waals surface area contributed by atoms with Crippen LogP contribution in [0.25, 0.3) is 50.3 Å². The number of hydrogen-bond acceptors (Lipinski definition) is 5. The minimum absolute atomic E-state index is 0.330. The van der Waals surface area contributed by atoms with Crippen molar-refractivity contribution in [3.63, 3.8) is 0 Å². The van der Waals surface area contributed by atoms with Crippen LogP contribution in [0.3, 0.4) is 0 Å². The monoisotopic (exact) mass is 582 g/mol. The van der Waals surface area contributed by atoms with Crippen molar-refractivity contribution in [2.75, 3.05) is 24.7 Å². The summed E-state index contributed by atoms with van der Waals surface area (Å²) in [6, 6.07) is 20.9. The molecule has 1 amide bonds. The first-order valence-electron chi connectivity index (χ1n) is 13.1. The average Bonchev–Trinajstić information content (AvgIpc) is 3.57. The first-order chi connectivity index (χ1) is 20.0. The largest absolute Gasteiger partial charge is 0.455 e. The molecule has 0 fully saturated rings. The molecule has 6 aromatic rings. The Morgan fingerprint density at radius 3 is 2.31 bits per heavy atom. The fourth-order valence-electron chi connectivity index (χ4n) is 5.04. The maximum atomic E-state index is 13.6. The molecular formula is C32H27FN4O4S. The van der Waals surface area contributed by atoms with Crippen LogP contribution >= 0.6 is 0 Å². The maximum Gasteiger partial charge on any atom is 0.255 e. The lowest BCUT2D eigenvalue weighted by Crippen LogP contribution is -2.25. The third kappa shape index (κ3) is 4.69. The Labute approximate surface area is 242 Å². The summed E-state index contributed by atoms with van der Waals surface area (Å²) in [5.74, 6) is -0.284. The molecule has 1 N–H and O–H groups in total. The molecule has 3 aromatic carbocycles. The number of aryl methyl sites for hydroxylation is 1. The van der Waals surface area contributed by atoms with Gasteiger partial charge in [-0.05, 0) is 49.4 Å². The maximum absolute atomic E-state index is 13.6. The molecule has 0 aliphatic rings. The predicted molar refractivity (Wildman–Crippen MR) is 163 cm³/mol. The molecule has 42 heavy (non-hydrogen) atoms. The van der Waals surface area contributed by atoms with Crippen LogP contribution < -0.4 is 9.62 Å². The highest BCUT2D eigenvalue weighted by Crippen LogP contribution is 2.41. The lowest BCUT2D eigenvalue weighted by atomic mass is 9.99. The number of halogens is 1. The van der Waals surface area contributed by atoms with Gasteiger partial charge >= 0.3 is 0 Å². The number of anilines is 1. The lowest BCUT2D eigenvalue weighted by Gasteiger charge is -2.21. The highest BCUT2D eigenvalue weighted by atomic mass is 32.2. The minimum Gasteiger partial charge on any atom is -0.455 e. The van der Waals surface area contributed by atoms with Crippen molar-refractivity contribution < 1.29 is 22.0 Å². The molecule has 0 saturated carbocycles. The zero-order chi connectivity index (χ0) is 29.8. The van der Waals surface area contributed by atoms with Gasteiger partial charge in [-0.3, -0.25) is 13.5 Å². The summed E-state index contributed by atoms with van der Waals surface area (Å²) >= 11 is 0. The van der Waals surface area contributed by atoms with Crippen molar-refractivity contribution in [2.24, 2.45) is 0 Å². The number of benzene rings is 3. The molecule has 3 aromatic heterocycles. The highest BCUT2D eigenvalue weighted by molar-refractivity contribution is 7.92. The van der Waals surface area contributed by atoms with Crippen molar-refractivity contribution >= 4 is 38.2 Å². The average molecular weight is 583 g/mol. The van der Waals surface area contributed by atoms with E-state index in [-0.39, 0.29) is 11.7 Å². The van der Waals surface area contributed by atoms with Crippen LogP contribution in [-0.4, -0.2) is 44.1 Å². The second-order valence-electron chi connectivity index (χ2n) is 10.1. The molecule has 0 aliphatic heterocycles. The van der Waals surface area contributed by atoms with Crippen LogP contribution in [0.1, 0.15) is 15.9 Å². The van der Waals surface area contributed by atoms with Gasteiger partial charge in [-0.2, -0.15) is 0 Å². The fourth-order valence-corrected chi connectivity index (χ4v) is 5.54. The fraction of sp³-hybridized carbons (Fsp3) is 0.125. The van der Waals surface area contributed by atoms with E-state index in [9.17, 15) is 17.6 Å². The van der Waals surface area contributed by atoms with Gasteiger partial charge in [-0.15, -0.1) is 0 Å². The Morgan fingerprint density at radius 2 is 1.64 bits per heavy atom. The van der Waals surface area contributed by atoms with Crippen molar-refractivity contribution in [1.82, 2.24) is 14.7 Å². The first-order valence-corrected chi connectivity index (χ1v) is 15.0. The zero-order valence-corrected chi connectivity index (χ0v) is 24.2. The number of carbonyl (C=O) groups excluding carboxylic acids is 1. The summed E-state index contributed by atoms with van der Waals surface area (Å²) in [6.07, 6.45) is 4.68. The number of aromatic nitrogens is 2. The molecular weight excluding hydrogens is 555 g/mol. The Kier molecular flexibility index (Phi) is 6.58. The summed E-state index contributed by atoms with van der Waals surface area (Å²) in [7, 11) is -0.638. The second-order valence-corrected chi connectivity index (χ2v) is 12.2. The van der Waals surface area contributed by atoms with E-state index in [2.05, 4.69) is 10.3 Å². The van der Waals surface area contributed by atoms with E-state index in [1.54, 1.807) is 37.5 Å². The summed E-state index contributed by atoms with van der Waals surface area (Å²) in [6.45, 7) is 1.97. The Balaban J connectivity index is 1.63. The third-order valence-corrected chi connectivity index (χ3v) is 8.56. The van der Waals surface area contributed by atoms with E-state index in [4.69, 9.17) is 4.42 Å². The van der Waals surface area contributed by atoms with E-state index >= 15 is 0 Å². The molecule has 0 unspecified atom stereocenters. The molecule has 8 nitrogen and oxygen atoms in total. The van der Waals surface area contributed by atoms with Crippen LogP contribution in [0.2, 0.25) is 0 Å². The standard InChI is InChI=1S/C32H27FN4O4S/c1-19-5-7-21(8-6-19)31-30(32(38)34-2)25-15-24(26(16-28(25)41-31)36(3)42(4,39)40)22-11-14-29-35-17-27(37(29)18-22)20-9-12-23(33)13-10-20/h5-18H,1-4H3,(H,34,38). The molecule has 0 saturated heterocycles. The zero-order valence-electron chi connectivity index (χ0n) is 23.3. The van der Waals surface area contributed by atoms with E-state index in [1.807, 2.05) is 53.9 Å². The normalized spacial score (nSPS) is 11.7. The lowest BCUT2D eigenvalue weighted by molar-refractivity contribution is 0.0964. The number of rotatable bonds is 6. The molecule has 0 radical (unpaired) electrons. The molecule has 212 valence electrons. The van der Waals surface area contributed by atoms with Gasteiger partial charge < -0.3 is 9.73 Å². The van der Waals surface area contributed by atoms with Gasteiger partial charge in [0.1, 0.15) is 22.8 Å². The molecule has 3 heterocycles. The van der Waals surface area contributed by atoms with Crippen molar-refractivity contribution in [3.8, 4) is 33.7 Å². The number of furan rings is 1. The number of amides is 1. The number of sulfonamides is 1. The number of carbonyl (C=O) groups is 1. The predicted octanol–water partition coefficient (Wildman–Crippen LogP) is 6.28. The number of nitrogens with one attached hydrogen (secondary N) is 1. The summed E-state index contributed by atoms with van der Waals surface area (Å²) in [5, 5.41) is 3.25. The Hall–Kier alpha value is -4.96. The molecule has 0 spiro atoms. The molecule has 0 bridgehead atoms. The van der Waals surface area contributed by atoms with Gasteiger partial charge in [-0.1, -0.05) is 29.8 Å². The van der Waals surface area contributed by atoms with Crippen molar-refractivity contribution in [2.45, 2.75) is 6.92 Å². The summed E-state index contributed by atoms with van der Waals surface area (Å²) in [5.41, 5.74) is 6.29. The Morgan fingerprint density at radius 1 is 0.976 bits per heavy atom. The van der Waals surface area contributed by atoms with Gasteiger partial charge in [-0.25, -0.2) is 17.8 Å². The summed E-state index contributed by atoms with van der Waals surface area (Å²) in [4.78, 5) is 17.7. The Bertz CT molecular complexity index is 2100.